The van der Waals surface area contributed by atoms with Gasteiger partial charge in [-0.25, -0.2) is 0 Å². The molecule has 1 heterocycles. The molecule has 1 aromatic carbocycles. The van der Waals surface area contributed by atoms with Gasteiger partial charge < -0.3 is 9.47 Å². The van der Waals surface area contributed by atoms with Crippen molar-refractivity contribution in [3.05, 3.63) is 29.8 Å². The van der Waals surface area contributed by atoms with Crippen molar-refractivity contribution in [2.75, 3.05) is 33.4 Å². The number of methoxy groups -OCH3 is 1. The fraction of sp³-hybridized carbons (Fsp3) is 0.647. The first-order valence-electron chi connectivity index (χ1n) is 7.67. The Morgan fingerprint density at radius 1 is 1.15 bits per heavy atom. The normalized spacial score (nSPS) is 17.6. The second kappa shape index (κ2) is 7.65. The van der Waals surface area contributed by atoms with E-state index >= 15 is 0 Å². The van der Waals surface area contributed by atoms with Crippen molar-refractivity contribution >= 4 is 0 Å². The molecule has 0 atom stereocenters. The highest BCUT2D eigenvalue weighted by atomic mass is 16.5. The third-order valence-electron chi connectivity index (χ3n) is 4.09. The quantitative estimate of drug-likeness (QED) is 0.796. The predicted octanol–water partition coefficient (Wildman–Crippen LogP) is 3.30. The third-order valence-corrected chi connectivity index (χ3v) is 4.09. The largest absolute Gasteiger partial charge is 0.492 e. The number of nitrogens with zero attached hydrogens (tertiary/aromatic N) is 1. The maximum Gasteiger partial charge on any atom is 0.119 e. The van der Waals surface area contributed by atoms with Crippen LogP contribution in [0.1, 0.15) is 38.2 Å². The van der Waals surface area contributed by atoms with E-state index in [1.165, 1.54) is 5.56 Å². The molecule has 1 aliphatic rings. The SMILES string of the molecule is COC1CCN(CCOc2ccc(C(C)C)cc2)CC1. The van der Waals surface area contributed by atoms with Crippen LogP contribution in [-0.2, 0) is 4.74 Å². The zero-order valence-corrected chi connectivity index (χ0v) is 13.0. The smallest absolute Gasteiger partial charge is 0.119 e. The van der Waals surface area contributed by atoms with Crippen LogP contribution in [0.4, 0.5) is 0 Å². The van der Waals surface area contributed by atoms with Gasteiger partial charge in [-0.1, -0.05) is 26.0 Å². The van der Waals surface area contributed by atoms with Crippen LogP contribution >= 0.6 is 0 Å². The van der Waals surface area contributed by atoms with E-state index in [2.05, 4.69) is 43.0 Å². The van der Waals surface area contributed by atoms with Gasteiger partial charge in [-0.05, 0) is 36.5 Å². The molecule has 2 rings (SSSR count). The molecule has 0 amide bonds. The van der Waals surface area contributed by atoms with Crippen molar-refractivity contribution in [2.45, 2.75) is 38.7 Å². The fourth-order valence-electron chi connectivity index (χ4n) is 2.61. The molecule has 0 radical (unpaired) electrons. The zero-order valence-electron chi connectivity index (χ0n) is 13.0. The van der Waals surface area contributed by atoms with Gasteiger partial charge in [0.25, 0.3) is 0 Å². The number of hydrogen-bond acceptors (Lipinski definition) is 3. The van der Waals surface area contributed by atoms with E-state index in [0.29, 0.717) is 12.0 Å². The number of ether oxygens (including phenoxy) is 2. The average molecular weight is 277 g/mol. The number of likely N-dealkylation sites (tertiary alicyclic amines) is 1. The van der Waals surface area contributed by atoms with E-state index < -0.39 is 0 Å². The molecule has 3 nitrogen and oxygen atoms in total. The van der Waals surface area contributed by atoms with Gasteiger partial charge in [0.05, 0.1) is 6.10 Å². The lowest BCUT2D eigenvalue weighted by Crippen LogP contribution is -2.38. The van der Waals surface area contributed by atoms with Crippen molar-refractivity contribution in [2.24, 2.45) is 0 Å². The average Bonchev–Trinajstić information content (AvgIpc) is 2.48. The zero-order chi connectivity index (χ0) is 14.4. The van der Waals surface area contributed by atoms with Crippen molar-refractivity contribution < 1.29 is 9.47 Å². The highest BCUT2D eigenvalue weighted by Crippen LogP contribution is 2.18. The summed E-state index contributed by atoms with van der Waals surface area (Å²) >= 11 is 0. The molecule has 0 aliphatic carbocycles. The molecule has 1 saturated heterocycles. The summed E-state index contributed by atoms with van der Waals surface area (Å²) in [4.78, 5) is 2.46. The Morgan fingerprint density at radius 3 is 2.35 bits per heavy atom. The molecule has 1 aliphatic heterocycles. The maximum atomic E-state index is 5.82. The molecule has 0 bridgehead atoms. The summed E-state index contributed by atoms with van der Waals surface area (Å²) < 4.78 is 11.2. The monoisotopic (exact) mass is 277 g/mol. The molecule has 0 aromatic heterocycles. The molecular formula is C17H27NO2. The lowest BCUT2D eigenvalue weighted by Gasteiger charge is -2.30. The van der Waals surface area contributed by atoms with Gasteiger partial charge in [-0.2, -0.15) is 0 Å². The van der Waals surface area contributed by atoms with Crippen LogP contribution in [0.2, 0.25) is 0 Å². The summed E-state index contributed by atoms with van der Waals surface area (Å²) in [5.74, 6) is 1.55. The Labute approximate surface area is 122 Å². The van der Waals surface area contributed by atoms with Crippen LogP contribution in [0.15, 0.2) is 24.3 Å². The van der Waals surface area contributed by atoms with Gasteiger partial charge in [0.2, 0.25) is 0 Å². The van der Waals surface area contributed by atoms with Crippen LogP contribution in [0.3, 0.4) is 0 Å². The van der Waals surface area contributed by atoms with E-state index in [9.17, 15) is 0 Å². The predicted molar refractivity (Wildman–Crippen MR) is 82.5 cm³/mol. The Bertz CT molecular complexity index is 380. The minimum atomic E-state index is 0.454. The van der Waals surface area contributed by atoms with Crippen LogP contribution in [0.5, 0.6) is 5.75 Å². The first-order valence-corrected chi connectivity index (χ1v) is 7.67. The van der Waals surface area contributed by atoms with Gasteiger partial charge in [-0.3, -0.25) is 4.90 Å². The molecule has 0 spiro atoms. The summed E-state index contributed by atoms with van der Waals surface area (Å²) in [7, 11) is 1.81. The molecule has 3 heteroatoms. The number of benzene rings is 1. The number of piperidine rings is 1. The molecule has 0 unspecified atom stereocenters. The minimum absolute atomic E-state index is 0.454. The van der Waals surface area contributed by atoms with Crippen molar-refractivity contribution in [1.82, 2.24) is 4.90 Å². The molecule has 1 aromatic rings. The van der Waals surface area contributed by atoms with Crippen LogP contribution in [0, 0.1) is 0 Å². The molecule has 20 heavy (non-hydrogen) atoms. The van der Waals surface area contributed by atoms with Gasteiger partial charge in [-0.15, -0.1) is 0 Å². The summed E-state index contributed by atoms with van der Waals surface area (Å²) in [6.45, 7) is 8.42. The summed E-state index contributed by atoms with van der Waals surface area (Å²) in [5, 5.41) is 0. The minimum Gasteiger partial charge on any atom is -0.492 e. The second-order valence-corrected chi connectivity index (χ2v) is 5.85. The van der Waals surface area contributed by atoms with E-state index in [1.807, 2.05) is 7.11 Å². The van der Waals surface area contributed by atoms with Gasteiger partial charge >= 0.3 is 0 Å². The van der Waals surface area contributed by atoms with E-state index in [4.69, 9.17) is 9.47 Å². The van der Waals surface area contributed by atoms with Crippen molar-refractivity contribution in [3.8, 4) is 5.75 Å². The highest BCUT2D eigenvalue weighted by Gasteiger charge is 2.18. The summed E-state index contributed by atoms with van der Waals surface area (Å²) in [6.07, 6.45) is 2.73. The topological polar surface area (TPSA) is 21.7 Å². The molecule has 0 N–H and O–H groups in total. The summed E-state index contributed by atoms with van der Waals surface area (Å²) in [6, 6.07) is 8.47. The highest BCUT2D eigenvalue weighted by molar-refractivity contribution is 5.28. The molecule has 1 fully saturated rings. The standard InChI is InChI=1S/C17H27NO2/c1-14(2)15-4-6-17(7-5-15)20-13-12-18-10-8-16(19-3)9-11-18/h4-7,14,16H,8-13H2,1-3H3. The number of rotatable bonds is 6. The Morgan fingerprint density at radius 2 is 1.80 bits per heavy atom. The van der Waals surface area contributed by atoms with Crippen LogP contribution < -0.4 is 4.74 Å². The first kappa shape index (κ1) is 15.3. The first-order chi connectivity index (χ1) is 9.69. The van der Waals surface area contributed by atoms with Gasteiger partial charge in [0.1, 0.15) is 12.4 Å². The lowest BCUT2D eigenvalue weighted by molar-refractivity contribution is 0.0375. The Kier molecular flexibility index (Phi) is 5.86. The van der Waals surface area contributed by atoms with Crippen LogP contribution in [-0.4, -0.2) is 44.4 Å². The van der Waals surface area contributed by atoms with Gasteiger partial charge in [0, 0.05) is 26.7 Å². The third kappa shape index (κ3) is 4.50. The van der Waals surface area contributed by atoms with E-state index in [-0.39, 0.29) is 0 Å². The van der Waals surface area contributed by atoms with Crippen molar-refractivity contribution in [3.63, 3.8) is 0 Å². The van der Waals surface area contributed by atoms with Crippen LogP contribution in [0.25, 0.3) is 0 Å². The van der Waals surface area contributed by atoms with Crippen molar-refractivity contribution in [1.29, 1.82) is 0 Å². The second-order valence-electron chi connectivity index (χ2n) is 5.85. The number of hydrogen-bond donors (Lipinski definition) is 0. The Hall–Kier alpha value is -1.06. The Balaban J connectivity index is 1.68. The molecule has 112 valence electrons. The van der Waals surface area contributed by atoms with E-state index in [0.717, 1.165) is 44.8 Å². The molecular weight excluding hydrogens is 250 g/mol. The fourth-order valence-corrected chi connectivity index (χ4v) is 2.61. The molecule has 0 saturated carbocycles. The van der Waals surface area contributed by atoms with E-state index in [1.54, 1.807) is 0 Å². The van der Waals surface area contributed by atoms with Gasteiger partial charge in [0.15, 0.2) is 0 Å². The lowest BCUT2D eigenvalue weighted by atomic mass is 10.0. The summed E-state index contributed by atoms with van der Waals surface area (Å²) in [5.41, 5.74) is 1.36. The maximum absolute atomic E-state index is 5.82.